The van der Waals surface area contributed by atoms with Gasteiger partial charge < -0.3 is 9.57 Å². The molecule has 0 amide bonds. The van der Waals surface area contributed by atoms with E-state index >= 15 is 0 Å². The minimum absolute atomic E-state index is 0.152. The van der Waals surface area contributed by atoms with E-state index in [1.54, 1.807) is 42.5 Å². The number of carbonyl (C=O) groups is 1. The molecule has 0 radical (unpaired) electrons. The number of ether oxygens (including phenoxy) is 1. The number of nitrogens with zero attached hydrogens (tertiary/aromatic N) is 1. The Morgan fingerprint density at radius 2 is 1.59 bits per heavy atom. The second-order valence-corrected chi connectivity index (χ2v) is 7.37. The molecule has 32 heavy (non-hydrogen) atoms. The molecule has 1 heterocycles. The van der Waals surface area contributed by atoms with E-state index in [1.807, 2.05) is 12.1 Å². The molecule has 1 aliphatic rings. The minimum Gasteiger partial charge on any atom is -0.489 e. The van der Waals surface area contributed by atoms with Crippen LogP contribution in [0.4, 0.5) is 13.2 Å². The number of halogens is 4. The Morgan fingerprint density at radius 1 is 0.938 bits per heavy atom. The van der Waals surface area contributed by atoms with Crippen LogP contribution in [0.3, 0.4) is 0 Å². The van der Waals surface area contributed by atoms with E-state index in [9.17, 15) is 18.0 Å². The Bertz CT molecular complexity index is 1180. The third kappa shape index (κ3) is 5.00. The number of alkyl halides is 3. The third-order valence-electron chi connectivity index (χ3n) is 4.69. The first-order valence-corrected chi connectivity index (χ1v) is 9.84. The molecule has 0 saturated carbocycles. The molecule has 3 aromatic carbocycles. The smallest absolute Gasteiger partial charge is 0.416 e. The van der Waals surface area contributed by atoms with Crippen molar-refractivity contribution < 1.29 is 27.5 Å². The van der Waals surface area contributed by atoms with E-state index in [0.717, 1.165) is 17.7 Å². The van der Waals surface area contributed by atoms with Gasteiger partial charge in [0.15, 0.2) is 0 Å². The summed E-state index contributed by atoms with van der Waals surface area (Å²) in [5, 5.41) is 4.38. The summed E-state index contributed by atoms with van der Waals surface area (Å²) in [4.78, 5) is 16.9. The molecule has 0 aliphatic carbocycles. The fourth-order valence-corrected chi connectivity index (χ4v) is 3.13. The van der Waals surface area contributed by atoms with Gasteiger partial charge in [0, 0.05) is 10.6 Å². The summed E-state index contributed by atoms with van der Waals surface area (Å²) in [6.45, 7) is 0.370. The number of rotatable bonds is 5. The maximum absolute atomic E-state index is 12.8. The summed E-state index contributed by atoms with van der Waals surface area (Å²) >= 11 is 5.87. The summed E-state index contributed by atoms with van der Waals surface area (Å²) in [6, 6.07) is 18.7. The van der Waals surface area contributed by atoms with Crippen molar-refractivity contribution in [2.24, 2.45) is 5.16 Å². The Morgan fingerprint density at radius 3 is 2.22 bits per heavy atom. The molecule has 3 aromatic rings. The zero-order valence-electron chi connectivity index (χ0n) is 16.4. The third-order valence-corrected chi connectivity index (χ3v) is 4.94. The zero-order valence-corrected chi connectivity index (χ0v) is 17.2. The summed E-state index contributed by atoms with van der Waals surface area (Å²) in [5.41, 5.74) is 1.53. The quantitative estimate of drug-likeness (QED) is 0.334. The van der Waals surface area contributed by atoms with Gasteiger partial charge in [0.05, 0.1) is 11.1 Å². The highest BCUT2D eigenvalue weighted by Crippen LogP contribution is 2.30. The van der Waals surface area contributed by atoms with Crippen molar-refractivity contribution in [2.75, 3.05) is 0 Å². The molecule has 0 atom stereocenters. The van der Waals surface area contributed by atoms with Gasteiger partial charge >= 0.3 is 12.1 Å². The van der Waals surface area contributed by atoms with Crippen LogP contribution in [0.1, 0.15) is 22.3 Å². The largest absolute Gasteiger partial charge is 0.489 e. The average Bonchev–Trinajstić information content (AvgIpc) is 3.14. The van der Waals surface area contributed by atoms with Crippen LogP contribution in [0.15, 0.2) is 83.5 Å². The van der Waals surface area contributed by atoms with E-state index in [2.05, 4.69) is 5.16 Å². The first kappa shape index (κ1) is 21.6. The highest BCUT2D eigenvalue weighted by Gasteiger charge is 2.31. The van der Waals surface area contributed by atoms with Crippen LogP contribution in [0.25, 0.3) is 6.08 Å². The second-order valence-electron chi connectivity index (χ2n) is 6.94. The summed E-state index contributed by atoms with van der Waals surface area (Å²) in [5.74, 6) is -0.0457. The Balaban J connectivity index is 1.48. The maximum Gasteiger partial charge on any atom is 0.416 e. The van der Waals surface area contributed by atoms with Crippen molar-refractivity contribution in [1.29, 1.82) is 0 Å². The van der Waals surface area contributed by atoms with Crippen LogP contribution in [0, 0.1) is 0 Å². The number of hydrogen-bond donors (Lipinski definition) is 0. The zero-order chi connectivity index (χ0) is 22.7. The van der Waals surface area contributed by atoms with Gasteiger partial charge in [-0.1, -0.05) is 53.2 Å². The monoisotopic (exact) mass is 457 g/mol. The number of carbonyl (C=O) groups excluding carboxylic acids is 1. The Labute approximate surface area is 186 Å². The lowest BCUT2D eigenvalue weighted by atomic mass is 9.99. The fraction of sp³-hybridized carbons (Fsp3) is 0.0833. The van der Waals surface area contributed by atoms with E-state index in [-0.39, 0.29) is 11.3 Å². The van der Waals surface area contributed by atoms with Crippen molar-refractivity contribution in [3.8, 4) is 5.75 Å². The molecule has 0 fully saturated rings. The van der Waals surface area contributed by atoms with Gasteiger partial charge in [0.1, 0.15) is 18.1 Å². The Hall–Kier alpha value is -3.58. The van der Waals surface area contributed by atoms with Crippen LogP contribution >= 0.6 is 11.6 Å². The number of hydrogen-bond acceptors (Lipinski definition) is 4. The first-order valence-electron chi connectivity index (χ1n) is 9.46. The lowest BCUT2D eigenvalue weighted by Gasteiger charge is -2.08. The van der Waals surface area contributed by atoms with Crippen LogP contribution in [-0.2, 0) is 22.4 Å². The fourth-order valence-electron chi connectivity index (χ4n) is 3.01. The second kappa shape index (κ2) is 8.88. The van der Waals surface area contributed by atoms with Crippen LogP contribution < -0.4 is 4.74 Å². The van der Waals surface area contributed by atoms with Crippen molar-refractivity contribution in [3.63, 3.8) is 0 Å². The van der Waals surface area contributed by atoms with Gasteiger partial charge in [-0.2, -0.15) is 13.2 Å². The van der Waals surface area contributed by atoms with Crippen LogP contribution in [0.5, 0.6) is 5.75 Å². The van der Waals surface area contributed by atoms with E-state index in [1.165, 1.54) is 12.1 Å². The molecule has 1 aliphatic heterocycles. The first-order chi connectivity index (χ1) is 15.3. The predicted molar refractivity (Wildman–Crippen MR) is 114 cm³/mol. The van der Waals surface area contributed by atoms with Gasteiger partial charge in [0.2, 0.25) is 0 Å². The molecule has 8 heteroatoms. The lowest BCUT2D eigenvalue weighted by molar-refractivity contribution is -0.138. The SMILES string of the molecule is O=C1ON=C(c2ccc(C(F)(F)F)cc2)/C1=C/c1ccc(OCc2ccc(Cl)cc2)cc1. The lowest BCUT2D eigenvalue weighted by Crippen LogP contribution is -2.09. The standard InChI is InChI=1S/C24H15ClF3NO3/c25-19-9-1-16(2-10-19)14-31-20-11-3-15(4-12-20)13-21-22(29-32-23(21)30)17-5-7-18(8-6-17)24(26,27)28/h1-13H,14H2/b21-13-. The van der Waals surface area contributed by atoms with Gasteiger partial charge in [-0.25, -0.2) is 4.79 Å². The molecule has 0 unspecified atom stereocenters. The van der Waals surface area contributed by atoms with Crippen molar-refractivity contribution >= 4 is 29.4 Å². The summed E-state index contributed by atoms with van der Waals surface area (Å²) in [7, 11) is 0. The molecule has 0 spiro atoms. The van der Waals surface area contributed by atoms with Gasteiger partial charge in [-0.15, -0.1) is 0 Å². The molecule has 4 rings (SSSR count). The van der Waals surface area contributed by atoms with Gasteiger partial charge in [-0.05, 0) is 53.6 Å². The molecule has 162 valence electrons. The normalized spacial score (nSPS) is 14.9. The highest BCUT2D eigenvalue weighted by molar-refractivity contribution is 6.31. The van der Waals surface area contributed by atoms with E-state index in [0.29, 0.717) is 28.5 Å². The number of benzene rings is 3. The molecular weight excluding hydrogens is 443 g/mol. The van der Waals surface area contributed by atoms with E-state index in [4.69, 9.17) is 21.2 Å². The van der Waals surface area contributed by atoms with Gasteiger partial charge in [0.25, 0.3) is 0 Å². The van der Waals surface area contributed by atoms with E-state index < -0.39 is 17.7 Å². The van der Waals surface area contributed by atoms with Crippen molar-refractivity contribution in [2.45, 2.75) is 12.8 Å². The summed E-state index contributed by atoms with van der Waals surface area (Å²) < 4.78 is 44.1. The Kier molecular flexibility index (Phi) is 6.01. The predicted octanol–water partition coefficient (Wildman–Crippen LogP) is 6.28. The molecule has 0 aromatic heterocycles. The molecule has 0 bridgehead atoms. The van der Waals surface area contributed by atoms with Crippen LogP contribution in [0.2, 0.25) is 5.02 Å². The molecule has 0 saturated heterocycles. The molecular formula is C24H15ClF3NO3. The summed E-state index contributed by atoms with van der Waals surface area (Å²) in [6.07, 6.45) is -2.88. The average molecular weight is 458 g/mol. The van der Waals surface area contributed by atoms with Crippen LogP contribution in [-0.4, -0.2) is 11.7 Å². The molecule has 0 N–H and O–H groups in total. The maximum atomic E-state index is 12.8. The van der Waals surface area contributed by atoms with Crippen molar-refractivity contribution in [3.05, 3.63) is 106 Å². The van der Waals surface area contributed by atoms with Crippen molar-refractivity contribution in [1.82, 2.24) is 0 Å². The minimum atomic E-state index is -4.45. The topological polar surface area (TPSA) is 47.9 Å². The highest BCUT2D eigenvalue weighted by atomic mass is 35.5. The van der Waals surface area contributed by atoms with Gasteiger partial charge in [-0.3, -0.25) is 0 Å². The number of oxime groups is 1. The molecule has 4 nitrogen and oxygen atoms in total.